The molecule has 1 heterocycles. The van der Waals surface area contributed by atoms with E-state index in [9.17, 15) is 9.59 Å². The van der Waals surface area contributed by atoms with Crippen LogP contribution in [0.5, 0.6) is 5.75 Å². The number of ether oxygens (including phenoxy) is 1. The van der Waals surface area contributed by atoms with Crippen molar-refractivity contribution >= 4 is 11.8 Å². The number of para-hydroxylation sites is 1. The van der Waals surface area contributed by atoms with Crippen LogP contribution < -0.4 is 15.4 Å². The number of carbonyl (C=O) groups excluding carboxylic acids is 2. The van der Waals surface area contributed by atoms with Crippen LogP contribution in [0.25, 0.3) is 16.9 Å². The topological polar surface area (TPSA) is 85.2 Å². The van der Waals surface area contributed by atoms with Gasteiger partial charge in [0, 0.05) is 24.3 Å². The highest BCUT2D eigenvalue weighted by Gasteiger charge is 2.23. The fourth-order valence-electron chi connectivity index (χ4n) is 4.10. The predicted octanol–water partition coefficient (Wildman–Crippen LogP) is 4.48. The summed E-state index contributed by atoms with van der Waals surface area (Å²) in [5.41, 5.74) is 5.14. The van der Waals surface area contributed by atoms with Gasteiger partial charge in [0.05, 0.1) is 11.3 Å². The third-order valence-electron chi connectivity index (χ3n) is 6.31. The molecule has 1 fully saturated rings. The van der Waals surface area contributed by atoms with Gasteiger partial charge < -0.3 is 15.4 Å². The Bertz CT molecular complexity index is 1380. The van der Waals surface area contributed by atoms with Crippen LogP contribution in [0.15, 0.2) is 85.1 Å². The fraction of sp³-hybridized carbons (Fsp3) is 0.233. The molecule has 1 saturated carbocycles. The summed E-state index contributed by atoms with van der Waals surface area (Å²) in [6, 6.07) is 25.6. The zero-order valence-corrected chi connectivity index (χ0v) is 20.8. The maximum absolute atomic E-state index is 13.2. The second-order valence-corrected chi connectivity index (χ2v) is 9.27. The number of rotatable bonds is 10. The molecule has 3 aromatic carbocycles. The second-order valence-electron chi connectivity index (χ2n) is 9.27. The molecule has 0 radical (unpaired) electrons. The molecule has 5 rings (SSSR count). The highest BCUT2D eigenvalue weighted by atomic mass is 16.5. The van der Waals surface area contributed by atoms with Crippen molar-refractivity contribution in [2.24, 2.45) is 0 Å². The molecule has 1 aliphatic rings. The zero-order chi connectivity index (χ0) is 25.6. The van der Waals surface area contributed by atoms with Gasteiger partial charge in [-0.05, 0) is 61.6 Å². The first-order valence-corrected chi connectivity index (χ1v) is 12.6. The highest BCUT2D eigenvalue weighted by Crippen LogP contribution is 2.26. The van der Waals surface area contributed by atoms with Crippen molar-refractivity contribution in [2.75, 3.05) is 13.2 Å². The van der Waals surface area contributed by atoms with Gasteiger partial charge in [-0.15, -0.1) is 0 Å². The molecule has 2 amide bonds. The molecule has 7 heteroatoms. The van der Waals surface area contributed by atoms with Crippen LogP contribution in [0.4, 0.5) is 0 Å². The van der Waals surface area contributed by atoms with Crippen LogP contribution >= 0.6 is 0 Å². The van der Waals surface area contributed by atoms with Crippen molar-refractivity contribution in [3.63, 3.8) is 0 Å². The van der Waals surface area contributed by atoms with Gasteiger partial charge in [0.25, 0.3) is 11.8 Å². The van der Waals surface area contributed by atoms with Crippen molar-refractivity contribution in [1.29, 1.82) is 0 Å². The number of aromatic nitrogens is 2. The minimum absolute atomic E-state index is 0.0196. The molecule has 1 aromatic heterocycles. The lowest BCUT2D eigenvalue weighted by atomic mass is 10.0. The van der Waals surface area contributed by atoms with Crippen molar-refractivity contribution in [1.82, 2.24) is 20.4 Å². The average molecular weight is 495 g/mol. The Morgan fingerprint density at radius 2 is 1.70 bits per heavy atom. The van der Waals surface area contributed by atoms with E-state index in [1.54, 1.807) is 10.9 Å². The number of benzene rings is 3. The third kappa shape index (κ3) is 6.25. The number of aryl methyl sites for hydroxylation is 1. The lowest BCUT2D eigenvalue weighted by Crippen LogP contribution is -2.30. The number of hydrogen-bond donors (Lipinski definition) is 2. The molecule has 7 nitrogen and oxygen atoms in total. The summed E-state index contributed by atoms with van der Waals surface area (Å²) in [4.78, 5) is 25.0. The Hall–Kier alpha value is -4.39. The lowest BCUT2D eigenvalue weighted by molar-refractivity contribution is -0.123. The van der Waals surface area contributed by atoms with Gasteiger partial charge in [-0.2, -0.15) is 5.10 Å². The number of nitrogens with zero attached hydrogens (tertiary/aromatic N) is 2. The average Bonchev–Trinajstić information content (AvgIpc) is 3.62. The molecule has 0 bridgehead atoms. The normalized spacial score (nSPS) is 12.7. The van der Waals surface area contributed by atoms with Gasteiger partial charge in [0.15, 0.2) is 6.61 Å². The fourth-order valence-corrected chi connectivity index (χ4v) is 4.10. The van der Waals surface area contributed by atoms with E-state index in [4.69, 9.17) is 9.84 Å². The zero-order valence-electron chi connectivity index (χ0n) is 20.8. The van der Waals surface area contributed by atoms with E-state index in [1.807, 2.05) is 85.8 Å². The molecule has 0 atom stereocenters. The molecule has 0 spiro atoms. The Labute approximate surface area is 216 Å². The summed E-state index contributed by atoms with van der Waals surface area (Å²) in [6.07, 6.45) is 4.57. The molecule has 0 unspecified atom stereocenters. The van der Waals surface area contributed by atoms with Gasteiger partial charge in [0.2, 0.25) is 0 Å². The molecule has 2 N–H and O–H groups in total. The van der Waals surface area contributed by atoms with Gasteiger partial charge in [-0.3, -0.25) is 9.59 Å². The standard InChI is InChI=1S/C30H30N4O3/c1-21-7-5-6-10-26(21)29-27(19-34(33-29)24-8-3-2-4-9-24)30(36)31-18-17-22-11-15-25(16-12-22)37-20-28(35)32-23-13-14-23/h2-12,15-16,19,23H,13-14,17-18,20H2,1H3,(H,31,36)(H,32,35). The molecule has 1 aliphatic carbocycles. The molecule has 0 saturated heterocycles. The number of hydrogen-bond acceptors (Lipinski definition) is 4. The Kier molecular flexibility index (Phi) is 7.31. The number of nitrogens with one attached hydrogen (secondary N) is 2. The Morgan fingerprint density at radius 1 is 0.973 bits per heavy atom. The molecule has 0 aliphatic heterocycles. The minimum Gasteiger partial charge on any atom is -0.484 e. The third-order valence-corrected chi connectivity index (χ3v) is 6.31. The summed E-state index contributed by atoms with van der Waals surface area (Å²) < 4.78 is 7.31. The van der Waals surface area contributed by atoms with Crippen LogP contribution in [0.2, 0.25) is 0 Å². The number of amides is 2. The first-order chi connectivity index (χ1) is 18.1. The van der Waals surface area contributed by atoms with E-state index in [1.165, 1.54) is 0 Å². The van der Waals surface area contributed by atoms with E-state index in [2.05, 4.69) is 10.6 Å². The first-order valence-electron chi connectivity index (χ1n) is 12.6. The van der Waals surface area contributed by atoms with Gasteiger partial charge >= 0.3 is 0 Å². The maximum atomic E-state index is 13.2. The summed E-state index contributed by atoms with van der Waals surface area (Å²) in [7, 11) is 0. The smallest absolute Gasteiger partial charge is 0.258 e. The van der Waals surface area contributed by atoms with Crippen LogP contribution in [-0.4, -0.2) is 40.8 Å². The molecule has 188 valence electrons. The first kappa shape index (κ1) is 24.3. The van der Waals surface area contributed by atoms with E-state index < -0.39 is 0 Å². The molecule has 37 heavy (non-hydrogen) atoms. The van der Waals surface area contributed by atoms with E-state index in [0.717, 1.165) is 35.2 Å². The minimum atomic E-state index is -0.165. The lowest BCUT2D eigenvalue weighted by Gasteiger charge is -2.09. The SMILES string of the molecule is Cc1ccccc1-c1nn(-c2ccccc2)cc1C(=O)NCCc1ccc(OCC(=O)NC2CC2)cc1. The quantitative estimate of drug-likeness (QED) is 0.341. The predicted molar refractivity (Wildman–Crippen MR) is 143 cm³/mol. The van der Waals surface area contributed by atoms with Crippen molar-refractivity contribution in [2.45, 2.75) is 32.2 Å². The largest absolute Gasteiger partial charge is 0.484 e. The van der Waals surface area contributed by atoms with Gasteiger partial charge in [-0.1, -0.05) is 54.6 Å². The van der Waals surface area contributed by atoms with Crippen molar-refractivity contribution < 1.29 is 14.3 Å². The Morgan fingerprint density at radius 3 is 2.43 bits per heavy atom. The summed E-state index contributed by atoms with van der Waals surface area (Å²) in [5.74, 6) is 0.395. The van der Waals surface area contributed by atoms with Gasteiger partial charge in [0.1, 0.15) is 11.4 Å². The monoisotopic (exact) mass is 494 g/mol. The summed E-state index contributed by atoms with van der Waals surface area (Å²) in [6.45, 7) is 2.52. The molecular formula is C30H30N4O3. The van der Waals surface area contributed by atoms with E-state index >= 15 is 0 Å². The molecule has 4 aromatic rings. The summed E-state index contributed by atoms with van der Waals surface area (Å²) >= 11 is 0. The van der Waals surface area contributed by atoms with Crippen LogP contribution in [0.1, 0.15) is 34.3 Å². The second kappa shape index (κ2) is 11.1. The molecular weight excluding hydrogens is 464 g/mol. The van der Waals surface area contributed by atoms with Crippen LogP contribution in [0.3, 0.4) is 0 Å². The van der Waals surface area contributed by atoms with E-state index in [-0.39, 0.29) is 18.4 Å². The van der Waals surface area contributed by atoms with Gasteiger partial charge in [-0.25, -0.2) is 4.68 Å². The number of carbonyl (C=O) groups is 2. The Balaban J connectivity index is 1.22. The summed E-state index contributed by atoms with van der Waals surface area (Å²) in [5, 5.41) is 10.7. The van der Waals surface area contributed by atoms with Crippen LogP contribution in [-0.2, 0) is 11.2 Å². The van der Waals surface area contributed by atoms with Crippen molar-refractivity contribution in [3.8, 4) is 22.7 Å². The maximum Gasteiger partial charge on any atom is 0.258 e. The van der Waals surface area contributed by atoms with Crippen LogP contribution in [0, 0.1) is 6.92 Å². The van der Waals surface area contributed by atoms with E-state index in [0.29, 0.717) is 36.0 Å². The van der Waals surface area contributed by atoms with Crippen molar-refractivity contribution in [3.05, 3.63) is 102 Å². The highest BCUT2D eigenvalue weighted by molar-refractivity contribution is 6.00.